The summed E-state index contributed by atoms with van der Waals surface area (Å²) in [6.45, 7) is 1.74. The quantitative estimate of drug-likeness (QED) is 0.445. The number of amides is 1. The van der Waals surface area contributed by atoms with Crippen molar-refractivity contribution < 1.29 is 23.1 Å². The monoisotopic (exact) mass is 569 g/mol. The zero-order chi connectivity index (χ0) is 26.3. The number of thioether (sulfide) groups is 1. The number of fused-ring (bicyclic) bond motifs is 1. The second-order valence-electron chi connectivity index (χ2n) is 8.61. The number of aliphatic hydroxyl groups excluding tert-OH is 1. The first-order chi connectivity index (χ1) is 17.6. The van der Waals surface area contributed by atoms with E-state index in [1.165, 1.54) is 28.6 Å². The Morgan fingerprint density at radius 1 is 1.22 bits per heavy atom. The summed E-state index contributed by atoms with van der Waals surface area (Å²) in [6.07, 6.45) is -2.87. The van der Waals surface area contributed by atoms with Gasteiger partial charge in [0.05, 0.1) is 29.1 Å². The molecule has 5 rings (SSSR count). The lowest BCUT2D eigenvalue weighted by molar-refractivity contribution is -0.138. The van der Waals surface area contributed by atoms with Gasteiger partial charge in [-0.3, -0.25) is 9.48 Å². The molecule has 2 aliphatic rings. The van der Waals surface area contributed by atoms with E-state index in [4.69, 9.17) is 23.2 Å². The molecule has 13 heteroatoms. The van der Waals surface area contributed by atoms with E-state index >= 15 is 0 Å². The van der Waals surface area contributed by atoms with Crippen LogP contribution < -0.4 is 5.32 Å². The van der Waals surface area contributed by atoms with Crippen LogP contribution in [0.4, 0.5) is 13.2 Å². The van der Waals surface area contributed by atoms with Crippen LogP contribution in [0.25, 0.3) is 17.0 Å². The van der Waals surface area contributed by atoms with Gasteiger partial charge in [0.25, 0.3) is 5.91 Å². The van der Waals surface area contributed by atoms with E-state index in [1.807, 2.05) is 4.90 Å². The zero-order valence-electron chi connectivity index (χ0n) is 19.1. The molecule has 1 fully saturated rings. The van der Waals surface area contributed by atoms with Crippen LogP contribution in [-0.2, 0) is 17.5 Å². The Balaban J connectivity index is 1.39. The number of nitrogens with zero attached hydrogens (tertiary/aromatic N) is 4. The Morgan fingerprint density at radius 2 is 2.03 bits per heavy atom. The normalized spacial score (nSPS) is 19.8. The van der Waals surface area contributed by atoms with Crippen molar-refractivity contribution in [3.8, 4) is 0 Å². The second kappa shape index (κ2) is 10.3. The molecule has 1 saturated heterocycles. The molecular formula is C24H20Cl2F3N5O2S. The molecule has 37 heavy (non-hydrogen) atoms. The first-order valence-corrected chi connectivity index (χ1v) is 12.8. The lowest BCUT2D eigenvalue weighted by Crippen LogP contribution is -2.53. The number of piperazine rings is 1. The maximum Gasteiger partial charge on any atom is 0.416 e. The van der Waals surface area contributed by atoms with E-state index in [2.05, 4.69) is 15.4 Å². The maximum atomic E-state index is 13.5. The number of aliphatic imine (C=N–C) groups is 1. The predicted octanol–water partition coefficient (Wildman–Crippen LogP) is 4.65. The van der Waals surface area contributed by atoms with E-state index in [-0.39, 0.29) is 40.8 Å². The third kappa shape index (κ3) is 5.51. The first-order valence-electron chi connectivity index (χ1n) is 11.3. The maximum absolute atomic E-state index is 13.5. The summed E-state index contributed by atoms with van der Waals surface area (Å²) in [7, 11) is 0. The molecule has 1 amide bonds. The Morgan fingerprint density at radius 3 is 2.78 bits per heavy atom. The van der Waals surface area contributed by atoms with Crippen molar-refractivity contribution >= 4 is 63.0 Å². The van der Waals surface area contributed by atoms with Gasteiger partial charge in [-0.25, -0.2) is 0 Å². The van der Waals surface area contributed by atoms with Gasteiger partial charge in [0, 0.05) is 36.1 Å². The first kappa shape index (κ1) is 26.1. The number of amidine groups is 1. The number of benzene rings is 2. The standard InChI is InChI=1S/C24H20Cl2F3N5O2S/c25-15-3-2-14(18(9-15)24(27,28)29)10-34-19-4-1-13(7-17(19)21(26)32-34)8-20-22(36)31-23(37-20)33-6-5-30-16(11-33)12-35/h1-4,7-9,16,30,35H,5-6,10-12H2/b20-8-/t16-/m1/s1. The zero-order valence-corrected chi connectivity index (χ0v) is 21.4. The van der Waals surface area contributed by atoms with Crippen molar-refractivity contribution in [2.45, 2.75) is 18.8 Å². The average Bonchev–Trinajstić information content (AvgIpc) is 3.38. The second-order valence-corrected chi connectivity index (χ2v) is 10.4. The fourth-order valence-corrected chi connectivity index (χ4v) is 5.65. The van der Waals surface area contributed by atoms with E-state index in [0.29, 0.717) is 46.2 Å². The summed E-state index contributed by atoms with van der Waals surface area (Å²) in [5, 5.41) is 18.1. The van der Waals surface area contributed by atoms with E-state index in [0.717, 1.165) is 6.07 Å². The number of rotatable bonds is 4. The number of hydrogen-bond acceptors (Lipinski definition) is 6. The van der Waals surface area contributed by atoms with Gasteiger partial charge in [0.2, 0.25) is 0 Å². The number of carbonyl (C=O) groups is 1. The highest BCUT2D eigenvalue weighted by Crippen LogP contribution is 2.36. The van der Waals surface area contributed by atoms with Gasteiger partial charge in [0.1, 0.15) is 0 Å². The van der Waals surface area contributed by atoms with Gasteiger partial charge in [-0.2, -0.15) is 23.3 Å². The minimum Gasteiger partial charge on any atom is -0.395 e. The third-order valence-electron chi connectivity index (χ3n) is 6.08. The van der Waals surface area contributed by atoms with E-state index in [1.54, 1.807) is 24.3 Å². The van der Waals surface area contributed by atoms with Crippen molar-refractivity contribution in [2.24, 2.45) is 4.99 Å². The number of halogens is 5. The molecule has 7 nitrogen and oxygen atoms in total. The Hall–Kier alpha value is -2.57. The molecule has 0 saturated carbocycles. The molecule has 2 N–H and O–H groups in total. The van der Waals surface area contributed by atoms with E-state index in [9.17, 15) is 23.1 Å². The third-order valence-corrected chi connectivity index (χ3v) is 7.64. The van der Waals surface area contributed by atoms with Crippen LogP contribution in [0.15, 0.2) is 46.3 Å². The molecule has 0 aliphatic carbocycles. The van der Waals surface area contributed by atoms with Gasteiger partial charge >= 0.3 is 6.18 Å². The van der Waals surface area contributed by atoms with E-state index < -0.39 is 11.7 Å². The fourth-order valence-electron chi connectivity index (χ4n) is 4.29. The van der Waals surface area contributed by atoms with Gasteiger partial charge < -0.3 is 15.3 Å². The molecule has 194 valence electrons. The topological polar surface area (TPSA) is 82.8 Å². The highest BCUT2D eigenvalue weighted by molar-refractivity contribution is 8.18. The van der Waals surface area contributed by atoms with Crippen LogP contribution in [0.3, 0.4) is 0 Å². The molecule has 1 atom stereocenters. The van der Waals surface area contributed by atoms with Crippen LogP contribution in [0, 0.1) is 0 Å². The highest BCUT2D eigenvalue weighted by atomic mass is 35.5. The lowest BCUT2D eigenvalue weighted by atomic mass is 10.1. The van der Waals surface area contributed by atoms with Gasteiger partial charge in [-0.1, -0.05) is 35.3 Å². The average molecular weight is 570 g/mol. The van der Waals surface area contributed by atoms with Crippen molar-refractivity contribution in [3.05, 3.63) is 68.2 Å². The molecule has 0 radical (unpaired) electrons. The number of alkyl halides is 3. The SMILES string of the molecule is O=C1N=C(N2CCN[C@@H](CO)C2)S/C1=C\c1ccc2c(c1)c(Cl)nn2Cc1ccc(Cl)cc1C(F)(F)F. The number of aliphatic hydroxyl groups is 1. The number of nitrogens with one attached hydrogen (secondary N) is 1. The minimum atomic E-state index is -4.57. The van der Waals surface area contributed by atoms with Gasteiger partial charge in [0.15, 0.2) is 10.3 Å². The molecule has 0 bridgehead atoms. The smallest absolute Gasteiger partial charge is 0.395 e. The summed E-state index contributed by atoms with van der Waals surface area (Å²) in [5.41, 5.74) is 0.410. The largest absolute Gasteiger partial charge is 0.416 e. The van der Waals surface area contributed by atoms with Gasteiger partial charge in [-0.05, 0) is 53.2 Å². The van der Waals surface area contributed by atoms with Crippen molar-refractivity contribution in [2.75, 3.05) is 26.2 Å². The van der Waals surface area contributed by atoms with Gasteiger partial charge in [-0.15, -0.1) is 0 Å². The van der Waals surface area contributed by atoms with Crippen LogP contribution in [0.2, 0.25) is 10.2 Å². The Labute approximate surface area is 223 Å². The summed E-state index contributed by atoms with van der Waals surface area (Å²) in [4.78, 5) is 19.1. The molecule has 2 aliphatic heterocycles. The van der Waals surface area contributed by atoms with Crippen molar-refractivity contribution in [1.82, 2.24) is 20.0 Å². The van der Waals surface area contributed by atoms with Crippen LogP contribution in [0.1, 0.15) is 16.7 Å². The Bertz CT molecular complexity index is 1440. The molecule has 0 unspecified atom stereocenters. The molecule has 2 aromatic carbocycles. The summed E-state index contributed by atoms with van der Waals surface area (Å²) < 4.78 is 42.0. The predicted molar refractivity (Wildman–Crippen MR) is 139 cm³/mol. The van der Waals surface area contributed by atoms with Crippen LogP contribution in [-0.4, -0.2) is 63.1 Å². The summed E-state index contributed by atoms with van der Waals surface area (Å²) in [6, 6.07) is 8.73. The van der Waals surface area contributed by atoms with Crippen LogP contribution >= 0.6 is 35.0 Å². The number of aromatic nitrogens is 2. The van der Waals surface area contributed by atoms with Crippen LogP contribution in [0.5, 0.6) is 0 Å². The minimum absolute atomic E-state index is 0.00488. The number of carbonyl (C=O) groups excluding carboxylic acids is 1. The van der Waals surface area contributed by atoms with Crippen molar-refractivity contribution in [1.29, 1.82) is 0 Å². The molecule has 3 aromatic rings. The highest BCUT2D eigenvalue weighted by Gasteiger charge is 2.34. The fraction of sp³-hybridized carbons (Fsp3) is 0.292. The summed E-state index contributed by atoms with van der Waals surface area (Å²) >= 11 is 13.4. The molecule has 0 spiro atoms. The summed E-state index contributed by atoms with van der Waals surface area (Å²) in [5.74, 6) is -0.358. The van der Waals surface area contributed by atoms with Crippen molar-refractivity contribution in [3.63, 3.8) is 0 Å². The number of hydrogen-bond donors (Lipinski definition) is 2. The molecular weight excluding hydrogens is 550 g/mol. The molecule has 3 heterocycles. The lowest BCUT2D eigenvalue weighted by Gasteiger charge is -2.33. The molecule has 1 aromatic heterocycles. The Kier molecular flexibility index (Phi) is 7.25.